The van der Waals surface area contributed by atoms with Crippen molar-refractivity contribution in [1.29, 1.82) is 0 Å². The number of rotatable bonds is 5. The summed E-state index contributed by atoms with van der Waals surface area (Å²) in [5.74, 6) is 1.54. The van der Waals surface area contributed by atoms with Crippen molar-refractivity contribution in [3.8, 4) is 0 Å². The molecule has 1 aliphatic rings. The van der Waals surface area contributed by atoms with Crippen LogP contribution in [0.2, 0.25) is 5.15 Å². The Morgan fingerprint density at radius 2 is 2.32 bits per heavy atom. The highest BCUT2D eigenvalue weighted by atomic mass is 35.5. The van der Waals surface area contributed by atoms with Gasteiger partial charge < -0.3 is 15.5 Å². The van der Waals surface area contributed by atoms with Gasteiger partial charge in [-0.3, -0.25) is 0 Å². The fraction of sp³-hybridized carbons (Fsp3) is 0.353. The first-order valence-electron chi connectivity index (χ1n) is 8.24. The Kier molecular flexibility index (Phi) is 4.70. The van der Waals surface area contributed by atoms with Gasteiger partial charge in [-0.2, -0.15) is 4.98 Å². The molecule has 8 heteroatoms. The zero-order chi connectivity index (χ0) is 17.2. The molecule has 0 amide bonds. The predicted molar refractivity (Wildman–Crippen MR) is 104 cm³/mol. The summed E-state index contributed by atoms with van der Waals surface area (Å²) in [6.45, 7) is 2.58. The van der Waals surface area contributed by atoms with Crippen LogP contribution >= 0.6 is 22.9 Å². The molecule has 130 valence electrons. The van der Waals surface area contributed by atoms with E-state index < -0.39 is 0 Å². The van der Waals surface area contributed by atoms with E-state index in [-0.39, 0.29) is 0 Å². The van der Waals surface area contributed by atoms with E-state index in [9.17, 15) is 0 Å². The van der Waals surface area contributed by atoms with Crippen LogP contribution in [0.4, 0.5) is 11.8 Å². The summed E-state index contributed by atoms with van der Waals surface area (Å²) < 4.78 is 0. The molecule has 1 fully saturated rings. The molecule has 0 bridgehead atoms. The third-order valence-corrected chi connectivity index (χ3v) is 5.51. The van der Waals surface area contributed by atoms with E-state index in [2.05, 4.69) is 32.0 Å². The lowest BCUT2D eigenvalue weighted by molar-refractivity contribution is 0.616. The van der Waals surface area contributed by atoms with Gasteiger partial charge in [0.05, 0.1) is 18.3 Å². The number of thiophene rings is 1. The van der Waals surface area contributed by atoms with Crippen molar-refractivity contribution in [2.45, 2.75) is 19.0 Å². The summed E-state index contributed by atoms with van der Waals surface area (Å²) in [5.41, 5.74) is 0.802. The molecule has 25 heavy (non-hydrogen) atoms. The Bertz CT molecular complexity index is 869. The molecular weight excluding hydrogens is 356 g/mol. The average Bonchev–Trinajstić information content (AvgIpc) is 3.31. The van der Waals surface area contributed by atoms with Gasteiger partial charge in [0.25, 0.3) is 0 Å². The number of anilines is 2. The lowest BCUT2D eigenvalue weighted by atomic mass is 10.3. The summed E-state index contributed by atoms with van der Waals surface area (Å²) in [4.78, 5) is 17.1. The van der Waals surface area contributed by atoms with Crippen molar-refractivity contribution < 1.29 is 0 Å². The van der Waals surface area contributed by atoms with Crippen LogP contribution in [-0.2, 0) is 6.54 Å². The second kappa shape index (κ2) is 7.11. The smallest absolute Gasteiger partial charge is 0.228 e. The second-order valence-electron chi connectivity index (χ2n) is 6.05. The van der Waals surface area contributed by atoms with Gasteiger partial charge in [-0.15, -0.1) is 11.3 Å². The predicted octanol–water partition coefficient (Wildman–Crippen LogP) is 3.15. The van der Waals surface area contributed by atoms with Gasteiger partial charge in [0.2, 0.25) is 5.95 Å². The maximum absolute atomic E-state index is 6.08. The summed E-state index contributed by atoms with van der Waals surface area (Å²) >= 11 is 7.80. The first-order chi connectivity index (χ1) is 12.2. The summed E-state index contributed by atoms with van der Waals surface area (Å²) in [6, 6.07) is 6.45. The number of pyridine rings is 1. The number of hydrogen-bond acceptors (Lipinski definition) is 7. The number of halogens is 1. The lowest BCUT2D eigenvalue weighted by Crippen LogP contribution is -2.30. The van der Waals surface area contributed by atoms with Crippen LogP contribution in [0.3, 0.4) is 0 Å². The van der Waals surface area contributed by atoms with Gasteiger partial charge in [0.15, 0.2) is 0 Å². The van der Waals surface area contributed by atoms with Gasteiger partial charge >= 0.3 is 0 Å². The molecule has 0 saturated carbocycles. The molecule has 4 rings (SSSR count). The Hall–Kier alpha value is -1.96. The molecular formula is C17H19ClN6S. The molecule has 3 aromatic rings. The minimum absolute atomic E-state index is 0.444. The van der Waals surface area contributed by atoms with Crippen molar-refractivity contribution in [2.75, 3.05) is 30.4 Å². The van der Waals surface area contributed by atoms with Crippen molar-refractivity contribution >= 4 is 45.6 Å². The van der Waals surface area contributed by atoms with E-state index in [0.717, 1.165) is 48.7 Å². The van der Waals surface area contributed by atoms with Gasteiger partial charge in [-0.05, 0) is 31.0 Å². The minimum atomic E-state index is 0.444. The number of hydrogen-bond donors (Lipinski definition) is 2. The molecule has 1 aliphatic heterocycles. The Balaban J connectivity index is 1.69. The van der Waals surface area contributed by atoms with E-state index in [0.29, 0.717) is 11.2 Å². The molecule has 2 N–H and O–H groups in total. The van der Waals surface area contributed by atoms with Gasteiger partial charge in [0.1, 0.15) is 11.0 Å². The average molecular weight is 375 g/mol. The third-order valence-electron chi connectivity index (χ3n) is 4.43. The highest BCUT2D eigenvalue weighted by Crippen LogP contribution is 2.27. The van der Waals surface area contributed by atoms with Crippen LogP contribution in [0, 0.1) is 0 Å². The van der Waals surface area contributed by atoms with Crippen LogP contribution in [0.5, 0.6) is 0 Å². The molecule has 1 atom stereocenters. The van der Waals surface area contributed by atoms with Gasteiger partial charge in [-0.1, -0.05) is 17.7 Å². The minimum Gasteiger partial charge on any atom is -0.364 e. The van der Waals surface area contributed by atoms with E-state index in [1.165, 1.54) is 4.88 Å². The quantitative estimate of drug-likeness (QED) is 0.669. The number of fused-ring (bicyclic) bond motifs is 1. The van der Waals surface area contributed by atoms with Crippen LogP contribution in [-0.4, -0.2) is 41.1 Å². The number of likely N-dealkylation sites (N-methyl/N-ethyl adjacent to an activating group) is 1. The topological polar surface area (TPSA) is 66.0 Å². The summed E-state index contributed by atoms with van der Waals surface area (Å²) in [5, 5.41) is 10.2. The first kappa shape index (κ1) is 16.5. The lowest BCUT2D eigenvalue weighted by Gasteiger charge is -2.18. The van der Waals surface area contributed by atoms with Gasteiger partial charge in [0, 0.05) is 29.4 Å². The SMILES string of the molecule is CNC1CCN(c2nc(NCc3cccs3)c3cc(Cl)ncc3n2)C1. The van der Waals surface area contributed by atoms with E-state index in [1.807, 2.05) is 19.2 Å². The largest absolute Gasteiger partial charge is 0.364 e. The second-order valence-corrected chi connectivity index (χ2v) is 7.47. The monoisotopic (exact) mass is 374 g/mol. The summed E-state index contributed by atoms with van der Waals surface area (Å²) in [6.07, 6.45) is 2.81. The fourth-order valence-electron chi connectivity index (χ4n) is 3.03. The molecule has 0 spiro atoms. The van der Waals surface area contributed by atoms with E-state index in [1.54, 1.807) is 17.5 Å². The number of nitrogens with one attached hydrogen (secondary N) is 2. The Labute approximate surface area is 155 Å². The zero-order valence-electron chi connectivity index (χ0n) is 13.9. The molecule has 1 unspecified atom stereocenters. The van der Waals surface area contributed by atoms with Crippen LogP contribution in [0.25, 0.3) is 10.9 Å². The molecule has 1 saturated heterocycles. The van der Waals surface area contributed by atoms with Crippen molar-refractivity contribution in [1.82, 2.24) is 20.3 Å². The molecule has 4 heterocycles. The molecule has 0 aromatic carbocycles. The molecule has 0 aliphatic carbocycles. The van der Waals surface area contributed by atoms with Gasteiger partial charge in [-0.25, -0.2) is 9.97 Å². The number of nitrogens with zero attached hydrogens (tertiary/aromatic N) is 4. The van der Waals surface area contributed by atoms with E-state index >= 15 is 0 Å². The normalized spacial score (nSPS) is 17.4. The van der Waals surface area contributed by atoms with Crippen molar-refractivity contribution in [2.24, 2.45) is 0 Å². The Morgan fingerprint density at radius 1 is 1.40 bits per heavy atom. The molecule has 0 radical (unpaired) electrons. The zero-order valence-corrected chi connectivity index (χ0v) is 15.4. The highest BCUT2D eigenvalue weighted by molar-refractivity contribution is 7.09. The first-order valence-corrected chi connectivity index (χ1v) is 9.50. The fourth-order valence-corrected chi connectivity index (χ4v) is 3.83. The van der Waals surface area contributed by atoms with E-state index in [4.69, 9.17) is 21.6 Å². The highest BCUT2D eigenvalue weighted by Gasteiger charge is 2.24. The third kappa shape index (κ3) is 3.53. The number of aromatic nitrogens is 3. The van der Waals surface area contributed by atoms with Crippen LogP contribution < -0.4 is 15.5 Å². The standard InChI is InChI=1S/C17H19ClN6S/c1-19-11-4-5-24(10-11)17-22-14-9-20-15(18)7-13(14)16(23-17)21-8-12-3-2-6-25-12/h2-3,6-7,9,11,19H,4-5,8,10H2,1H3,(H,21,22,23). The van der Waals surface area contributed by atoms with Crippen molar-refractivity contribution in [3.05, 3.63) is 39.8 Å². The maximum atomic E-state index is 6.08. The summed E-state index contributed by atoms with van der Waals surface area (Å²) in [7, 11) is 2.00. The van der Waals surface area contributed by atoms with Crippen molar-refractivity contribution in [3.63, 3.8) is 0 Å². The Morgan fingerprint density at radius 3 is 3.08 bits per heavy atom. The van der Waals surface area contributed by atoms with Crippen LogP contribution in [0.15, 0.2) is 29.8 Å². The molecule has 6 nitrogen and oxygen atoms in total. The molecule has 3 aromatic heterocycles. The maximum Gasteiger partial charge on any atom is 0.228 e. The van der Waals surface area contributed by atoms with Crippen LogP contribution in [0.1, 0.15) is 11.3 Å².